The highest BCUT2D eigenvalue weighted by Crippen LogP contribution is 2.30. The molecule has 0 bridgehead atoms. The normalized spacial score (nSPS) is 23.8. The number of amides is 1. The molecule has 0 radical (unpaired) electrons. The number of hydrogen-bond acceptors (Lipinski definition) is 5. The Kier molecular flexibility index (Phi) is 6.17. The Morgan fingerprint density at radius 3 is 2.50 bits per heavy atom. The van der Waals surface area contributed by atoms with Crippen molar-refractivity contribution in [3.8, 4) is 0 Å². The molecule has 0 N–H and O–H groups in total. The second kappa shape index (κ2) is 8.27. The first-order valence-electron chi connectivity index (χ1n) is 9.33. The molecule has 2 fully saturated rings. The third kappa shape index (κ3) is 3.97. The standard InChI is InChI=1S/C20H24N2O4S.ClH/c1-2-15-5-3-4-6-16(15)11-21-8-9-22(20(23)17-7-10-26-12-17)19-14-27(24,25)13-18(19)21;/h3-7,10,12,18-19H,2,8-9,11,13-14H2,1H3;1H/t18-,19+;/m1./s1. The maximum Gasteiger partial charge on any atom is 0.257 e. The summed E-state index contributed by atoms with van der Waals surface area (Å²) in [5.41, 5.74) is 2.99. The van der Waals surface area contributed by atoms with Crippen molar-refractivity contribution < 1.29 is 17.6 Å². The number of sulfone groups is 1. The van der Waals surface area contributed by atoms with Crippen molar-refractivity contribution in [1.82, 2.24) is 9.80 Å². The minimum Gasteiger partial charge on any atom is -0.472 e. The number of rotatable bonds is 4. The van der Waals surface area contributed by atoms with Crippen LogP contribution in [0, 0.1) is 0 Å². The highest BCUT2D eigenvalue weighted by atomic mass is 35.5. The van der Waals surface area contributed by atoms with Gasteiger partial charge in [-0.1, -0.05) is 31.2 Å². The molecule has 0 aliphatic carbocycles. The molecule has 4 rings (SSSR count). The van der Waals surface area contributed by atoms with Crippen LogP contribution in [0.1, 0.15) is 28.4 Å². The predicted molar refractivity (Wildman–Crippen MR) is 109 cm³/mol. The molecule has 2 atom stereocenters. The summed E-state index contributed by atoms with van der Waals surface area (Å²) in [6.45, 7) is 4.03. The van der Waals surface area contributed by atoms with Crippen LogP contribution in [0.2, 0.25) is 0 Å². The van der Waals surface area contributed by atoms with Crippen LogP contribution < -0.4 is 0 Å². The maximum atomic E-state index is 12.8. The molecule has 6 nitrogen and oxygen atoms in total. The second-order valence-electron chi connectivity index (χ2n) is 7.31. The molecular weight excluding hydrogens is 400 g/mol. The third-order valence-electron chi connectivity index (χ3n) is 5.69. The number of fused-ring (bicyclic) bond motifs is 1. The molecule has 1 aromatic carbocycles. The van der Waals surface area contributed by atoms with Crippen molar-refractivity contribution in [3.63, 3.8) is 0 Å². The van der Waals surface area contributed by atoms with E-state index in [2.05, 4.69) is 24.0 Å². The molecule has 3 heterocycles. The van der Waals surface area contributed by atoms with Crippen molar-refractivity contribution >= 4 is 28.2 Å². The molecule has 8 heteroatoms. The summed E-state index contributed by atoms with van der Waals surface area (Å²) >= 11 is 0. The van der Waals surface area contributed by atoms with Crippen LogP contribution >= 0.6 is 12.4 Å². The fourth-order valence-electron chi connectivity index (χ4n) is 4.30. The number of furan rings is 1. The molecule has 28 heavy (non-hydrogen) atoms. The molecule has 1 amide bonds. The van der Waals surface area contributed by atoms with Gasteiger partial charge in [0.05, 0.1) is 29.4 Å². The Balaban J connectivity index is 0.00000225. The smallest absolute Gasteiger partial charge is 0.257 e. The molecule has 0 unspecified atom stereocenters. The highest BCUT2D eigenvalue weighted by molar-refractivity contribution is 7.91. The molecule has 0 spiro atoms. The van der Waals surface area contributed by atoms with Crippen LogP contribution in [0.15, 0.2) is 47.3 Å². The van der Waals surface area contributed by atoms with Gasteiger partial charge >= 0.3 is 0 Å². The minimum atomic E-state index is -3.16. The number of halogens is 1. The molecule has 152 valence electrons. The summed E-state index contributed by atoms with van der Waals surface area (Å²) in [6.07, 6.45) is 3.83. The van der Waals surface area contributed by atoms with Crippen LogP contribution in [-0.2, 0) is 22.8 Å². The van der Waals surface area contributed by atoms with Gasteiger partial charge in [0, 0.05) is 25.7 Å². The fraction of sp³-hybridized carbons (Fsp3) is 0.450. The van der Waals surface area contributed by atoms with E-state index < -0.39 is 9.84 Å². The van der Waals surface area contributed by atoms with Crippen molar-refractivity contribution in [2.24, 2.45) is 0 Å². The number of benzene rings is 1. The Morgan fingerprint density at radius 1 is 1.11 bits per heavy atom. The largest absolute Gasteiger partial charge is 0.472 e. The van der Waals surface area contributed by atoms with Crippen molar-refractivity contribution in [2.75, 3.05) is 24.6 Å². The zero-order valence-corrected chi connectivity index (χ0v) is 17.4. The van der Waals surface area contributed by atoms with Crippen LogP contribution in [0.3, 0.4) is 0 Å². The van der Waals surface area contributed by atoms with Crippen LogP contribution in [0.25, 0.3) is 0 Å². The number of nitrogens with zero attached hydrogens (tertiary/aromatic N) is 2. The summed E-state index contributed by atoms with van der Waals surface area (Å²) in [5, 5.41) is 0. The van der Waals surface area contributed by atoms with Gasteiger partial charge in [-0.2, -0.15) is 0 Å². The zero-order valence-electron chi connectivity index (χ0n) is 15.8. The summed E-state index contributed by atoms with van der Waals surface area (Å²) in [5.74, 6) is -0.00152. The monoisotopic (exact) mass is 424 g/mol. The molecule has 2 aliphatic rings. The van der Waals surface area contributed by atoms with Crippen molar-refractivity contribution in [2.45, 2.75) is 32.0 Å². The van der Waals surface area contributed by atoms with Gasteiger partial charge in [0.15, 0.2) is 9.84 Å². The second-order valence-corrected chi connectivity index (χ2v) is 9.47. The van der Waals surface area contributed by atoms with Crippen LogP contribution in [0.4, 0.5) is 0 Å². The zero-order chi connectivity index (χ0) is 19.0. The van der Waals surface area contributed by atoms with Crippen molar-refractivity contribution in [3.05, 3.63) is 59.5 Å². The highest BCUT2D eigenvalue weighted by Gasteiger charge is 2.48. The Bertz CT molecular complexity index is 929. The van der Waals surface area contributed by atoms with E-state index in [0.717, 1.165) is 6.42 Å². The van der Waals surface area contributed by atoms with Crippen molar-refractivity contribution in [1.29, 1.82) is 0 Å². The number of aryl methyl sites for hydroxylation is 1. The SMILES string of the molecule is CCc1ccccc1CN1CCN(C(=O)c2ccoc2)[C@H]2CS(=O)(=O)C[C@H]21.Cl. The average molecular weight is 425 g/mol. The number of hydrogen-bond donors (Lipinski definition) is 0. The lowest BCUT2D eigenvalue weighted by atomic mass is 10.00. The summed E-state index contributed by atoms with van der Waals surface area (Å²) < 4.78 is 29.8. The fourth-order valence-corrected chi connectivity index (χ4v) is 6.31. The van der Waals surface area contributed by atoms with E-state index in [1.54, 1.807) is 11.0 Å². The lowest BCUT2D eigenvalue weighted by molar-refractivity contribution is 0.0305. The first-order chi connectivity index (χ1) is 13.0. The van der Waals surface area contributed by atoms with E-state index in [4.69, 9.17) is 4.42 Å². The predicted octanol–water partition coefficient (Wildman–Crippen LogP) is 2.39. The van der Waals surface area contributed by atoms with E-state index >= 15 is 0 Å². The molecule has 1 aromatic heterocycles. The van der Waals surface area contributed by atoms with Crippen LogP contribution in [0.5, 0.6) is 0 Å². The van der Waals surface area contributed by atoms with E-state index in [9.17, 15) is 13.2 Å². The molecular formula is C20H25ClN2O4S. The van der Waals surface area contributed by atoms with E-state index in [-0.39, 0.29) is 41.9 Å². The summed E-state index contributed by atoms with van der Waals surface area (Å²) in [6, 6.07) is 9.45. The molecule has 2 saturated heterocycles. The van der Waals surface area contributed by atoms with Gasteiger partial charge in [-0.25, -0.2) is 8.42 Å². The quantitative estimate of drug-likeness (QED) is 0.753. The first kappa shape index (κ1) is 20.9. The van der Waals surface area contributed by atoms with E-state index in [1.807, 2.05) is 12.1 Å². The average Bonchev–Trinajstić information content (AvgIpc) is 3.29. The molecule has 0 saturated carbocycles. The molecule has 2 aliphatic heterocycles. The first-order valence-corrected chi connectivity index (χ1v) is 11.1. The molecule has 2 aromatic rings. The number of piperazine rings is 1. The Hall–Kier alpha value is -1.83. The van der Waals surface area contributed by atoms with E-state index in [1.165, 1.54) is 23.7 Å². The lowest BCUT2D eigenvalue weighted by Gasteiger charge is -2.44. The number of carbonyl (C=O) groups is 1. The lowest BCUT2D eigenvalue weighted by Crippen LogP contribution is -2.60. The van der Waals surface area contributed by atoms with Gasteiger partial charge in [-0.15, -0.1) is 12.4 Å². The van der Waals surface area contributed by atoms with Gasteiger partial charge in [0.2, 0.25) is 0 Å². The van der Waals surface area contributed by atoms with Crippen LogP contribution in [-0.4, -0.2) is 60.8 Å². The van der Waals surface area contributed by atoms with Gasteiger partial charge in [0.25, 0.3) is 5.91 Å². The maximum absolute atomic E-state index is 12.8. The van der Waals surface area contributed by atoms with Gasteiger partial charge in [-0.3, -0.25) is 9.69 Å². The summed E-state index contributed by atoms with van der Waals surface area (Å²) in [4.78, 5) is 16.8. The number of carbonyl (C=O) groups excluding carboxylic acids is 1. The Morgan fingerprint density at radius 2 is 1.82 bits per heavy atom. The summed E-state index contributed by atoms with van der Waals surface area (Å²) in [7, 11) is -3.16. The van der Waals surface area contributed by atoms with Gasteiger partial charge < -0.3 is 9.32 Å². The minimum absolute atomic E-state index is 0. The third-order valence-corrected chi connectivity index (χ3v) is 7.39. The van der Waals surface area contributed by atoms with E-state index in [0.29, 0.717) is 25.2 Å². The Labute approximate surface area is 171 Å². The van der Waals surface area contributed by atoms with Gasteiger partial charge in [0.1, 0.15) is 6.26 Å². The topological polar surface area (TPSA) is 70.8 Å². The van der Waals surface area contributed by atoms with Gasteiger partial charge in [-0.05, 0) is 23.6 Å².